The second-order valence-corrected chi connectivity index (χ2v) is 4.60. The van der Waals surface area contributed by atoms with Crippen molar-refractivity contribution in [1.29, 1.82) is 0 Å². The average molecular weight is 236 g/mol. The Balaban J connectivity index is 1.82. The zero-order valence-electron chi connectivity index (χ0n) is 10.3. The standard InChI is InChI=1S/C13H20N2O2/c1-12(17-11-16)15-9-5-13(10-15)4-8-14-6-2-3-7-14/h5,9-12H,2-4,6-8H2,1H3. The molecule has 4 nitrogen and oxygen atoms in total. The zero-order chi connectivity index (χ0) is 12.1. The molecule has 0 bridgehead atoms. The lowest BCUT2D eigenvalue weighted by molar-refractivity contribution is -0.136. The van der Waals surface area contributed by atoms with Gasteiger partial charge in [-0.1, -0.05) is 0 Å². The Labute approximate surface area is 102 Å². The van der Waals surface area contributed by atoms with Crippen molar-refractivity contribution < 1.29 is 9.53 Å². The van der Waals surface area contributed by atoms with Crippen molar-refractivity contribution in [3.05, 3.63) is 24.0 Å². The van der Waals surface area contributed by atoms with Crippen LogP contribution in [0.15, 0.2) is 18.5 Å². The lowest BCUT2D eigenvalue weighted by atomic mass is 10.2. The second kappa shape index (κ2) is 5.87. The van der Waals surface area contributed by atoms with Crippen LogP contribution in [0.5, 0.6) is 0 Å². The number of nitrogens with zero attached hydrogens (tertiary/aromatic N) is 2. The second-order valence-electron chi connectivity index (χ2n) is 4.60. The molecule has 1 aromatic rings. The molecule has 0 aliphatic carbocycles. The Hall–Kier alpha value is -1.29. The Morgan fingerprint density at radius 3 is 2.94 bits per heavy atom. The predicted octanol–water partition coefficient (Wildman–Crippen LogP) is 1.82. The SMILES string of the molecule is CC(OC=O)n1ccc(CCN2CCCC2)c1. The van der Waals surface area contributed by atoms with Crippen LogP contribution in [0.25, 0.3) is 0 Å². The first-order valence-electron chi connectivity index (χ1n) is 6.27. The van der Waals surface area contributed by atoms with Gasteiger partial charge in [-0.2, -0.15) is 0 Å². The van der Waals surface area contributed by atoms with Crippen LogP contribution in [0, 0.1) is 0 Å². The predicted molar refractivity (Wildman–Crippen MR) is 65.7 cm³/mol. The number of rotatable bonds is 6. The van der Waals surface area contributed by atoms with E-state index in [1.807, 2.05) is 17.7 Å². The highest BCUT2D eigenvalue weighted by Crippen LogP contribution is 2.12. The van der Waals surface area contributed by atoms with Crippen molar-refractivity contribution in [2.75, 3.05) is 19.6 Å². The van der Waals surface area contributed by atoms with Crippen LogP contribution in [-0.4, -0.2) is 35.6 Å². The van der Waals surface area contributed by atoms with E-state index in [1.54, 1.807) is 0 Å². The van der Waals surface area contributed by atoms with E-state index < -0.39 is 0 Å². The van der Waals surface area contributed by atoms with Gasteiger partial charge >= 0.3 is 0 Å². The minimum Gasteiger partial charge on any atom is -0.444 e. The summed E-state index contributed by atoms with van der Waals surface area (Å²) in [6, 6.07) is 2.10. The van der Waals surface area contributed by atoms with Gasteiger partial charge in [0.15, 0.2) is 6.23 Å². The maximum Gasteiger partial charge on any atom is 0.295 e. The van der Waals surface area contributed by atoms with Gasteiger partial charge in [0.05, 0.1) is 0 Å². The molecular weight excluding hydrogens is 216 g/mol. The van der Waals surface area contributed by atoms with Crippen LogP contribution in [0.3, 0.4) is 0 Å². The van der Waals surface area contributed by atoms with E-state index in [1.165, 1.54) is 31.5 Å². The molecule has 2 heterocycles. The van der Waals surface area contributed by atoms with Crippen LogP contribution < -0.4 is 0 Å². The van der Waals surface area contributed by atoms with Gasteiger partial charge in [0.2, 0.25) is 0 Å². The van der Waals surface area contributed by atoms with Crippen LogP contribution in [0.4, 0.5) is 0 Å². The monoisotopic (exact) mass is 236 g/mol. The number of hydrogen-bond acceptors (Lipinski definition) is 3. The maximum atomic E-state index is 10.3. The molecule has 0 saturated carbocycles. The Morgan fingerprint density at radius 1 is 1.47 bits per heavy atom. The Kier molecular flexibility index (Phi) is 4.20. The van der Waals surface area contributed by atoms with Crippen molar-refractivity contribution in [2.24, 2.45) is 0 Å². The van der Waals surface area contributed by atoms with Crippen LogP contribution in [0.2, 0.25) is 0 Å². The maximum absolute atomic E-state index is 10.3. The Morgan fingerprint density at radius 2 is 2.24 bits per heavy atom. The molecule has 4 heteroatoms. The number of carbonyl (C=O) groups is 1. The number of likely N-dealkylation sites (tertiary alicyclic amines) is 1. The molecule has 1 aliphatic rings. The number of carbonyl (C=O) groups excluding carboxylic acids is 1. The molecule has 1 atom stereocenters. The molecule has 1 fully saturated rings. The molecule has 94 valence electrons. The lowest BCUT2D eigenvalue weighted by Gasteiger charge is -2.13. The third-order valence-electron chi connectivity index (χ3n) is 3.36. The highest BCUT2D eigenvalue weighted by atomic mass is 16.5. The first kappa shape index (κ1) is 12.2. The first-order chi connectivity index (χ1) is 8.29. The molecule has 0 amide bonds. The van der Waals surface area contributed by atoms with Crippen molar-refractivity contribution in [3.63, 3.8) is 0 Å². The number of aromatic nitrogens is 1. The van der Waals surface area contributed by atoms with Gasteiger partial charge in [0, 0.05) is 18.9 Å². The van der Waals surface area contributed by atoms with Crippen LogP contribution in [0.1, 0.15) is 31.6 Å². The van der Waals surface area contributed by atoms with Crippen molar-refractivity contribution >= 4 is 6.47 Å². The largest absolute Gasteiger partial charge is 0.444 e. The van der Waals surface area contributed by atoms with Gasteiger partial charge < -0.3 is 14.2 Å². The van der Waals surface area contributed by atoms with E-state index >= 15 is 0 Å². The minimum atomic E-state index is -0.215. The van der Waals surface area contributed by atoms with Gasteiger partial charge in [0.1, 0.15) is 0 Å². The smallest absolute Gasteiger partial charge is 0.295 e. The highest BCUT2D eigenvalue weighted by molar-refractivity contribution is 5.37. The van der Waals surface area contributed by atoms with Gasteiger partial charge in [-0.05, 0) is 50.9 Å². The summed E-state index contributed by atoms with van der Waals surface area (Å²) in [4.78, 5) is 12.8. The lowest BCUT2D eigenvalue weighted by Crippen LogP contribution is -2.21. The third kappa shape index (κ3) is 3.33. The van der Waals surface area contributed by atoms with E-state index in [0.717, 1.165) is 13.0 Å². The fourth-order valence-electron chi connectivity index (χ4n) is 2.28. The molecule has 0 N–H and O–H groups in total. The third-order valence-corrected chi connectivity index (χ3v) is 3.36. The summed E-state index contributed by atoms with van der Waals surface area (Å²) >= 11 is 0. The summed E-state index contributed by atoms with van der Waals surface area (Å²) in [5.41, 5.74) is 1.30. The fraction of sp³-hybridized carbons (Fsp3) is 0.615. The molecule has 1 aromatic heterocycles. The van der Waals surface area contributed by atoms with Crippen molar-refractivity contribution in [1.82, 2.24) is 9.47 Å². The van der Waals surface area contributed by atoms with Gasteiger partial charge in [0.25, 0.3) is 6.47 Å². The van der Waals surface area contributed by atoms with Crippen molar-refractivity contribution in [2.45, 2.75) is 32.4 Å². The average Bonchev–Trinajstić information content (AvgIpc) is 2.98. The fourth-order valence-corrected chi connectivity index (χ4v) is 2.28. The van der Waals surface area contributed by atoms with E-state index in [-0.39, 0.29) is 6.23 Å². The van der Waals surface area contributed by atoms with Gasteiger partial charge in [-0.15, -0.1) is 0 Å². The topological polar surface area (TPSA) is 34.5 Å². The van der Waals surface area contributed by atoms with Crippen molar-refractivity contribution in [3.8, 4) is 0 Å². The van der Waals surface area contributed by atoms with Crippen LogP contribution >= 0.6 is 0 Å². The molecule has 2 rings (SSSR count). The summed E-state index contributed by atoms with van der Waals surface area (Å²) < 4.78 is 6.82. The molecule has 1 aliphatic heterocycles. The van der Waals surface area contributed by atoms with E-state index in [0.29, 0.717) is 6.47 Å². The highest BCUT2D eigenvalue weighted by Gasteiger charge is 2.11. The number of hydrogen-bond donors (Lipinski definition) is 0. The van der Waals surface area contributed by atoms with Crippen LogP contribution in [-0.2, 0) is 16.0 Å². The zero-order valence-corrected chi connectivity index (χ0v) is 10.3. The van der Waals surface area contributed by atoms with Gasteiger partial charge in [-0.3, -0.25) is 4.79 Å². The molecule has 0 aromatic carbocycles. The van der Waals surface area contributed by atoms with E-state index in [9.17, 15) is 4.79 Å². The molecule has 0 radical (unpaired) electrons. The quantitative estimate of drug-likeness (QED) is 0.707. The molecule has 1 unspecified atom stereocenters. The first-order valence-corrected chi connectivity index (χ1v) is 6.27. The summed E-state index contributed by atoms with van der Waals surface area (Å²) in [6.07, 6.45) is 7.56. The molecular formula is C13H20N2O2. The van der Waals surface area contributed by atoms with E-state index in [2.05, 4.69) is 17.2 Å². The molecule has 17 heavy (non-hydrogen) atoms. The summed E-state index contributed by atoms with van der Waals surface area (Å²) in [7, 11) is 0. The minimum absolute atomic E-state index is 0.215. The molecule has 0 spiro atoms. The number of ether oxygens (including phenoxy) is 1. The summed E-state index contributed by atoms with van der Waals surface area (Å²) in [5, 5.41) is 0. The van der Waals surface area contributed by atoms with Gasteiger partial charge in [-0.25, -0.2) is 0 Å². The Bertz CT molecular complexity index is 356. The summed E-state index contributed by atoms with van der Waals surface area (Å²) in [6.45, 7) is 5.97. The van der Waals surface area contributed by atoms with E-state index in [4.69, 9.17) is 4.74 Å². The summed E-state index contributed by atoms with van der Waals surface area (Å²) in [5.74, 6) is 0. The normalized spacial score (nSPS) is 18.2. The molecule has 1 saturated heterocycles.